The summed E-state index contributed by atoms with van der Waals surface area (Å²) in [5.41, 5.74) is 2.41. The maximum atomic E-state index is 2.32. The van der Waals surface area contributed by atoms with Crippen LogP contribution in [0, 0.1) is 0 Å². The van der Waals surface area contributed by atoms with E-state index in [4.69, 9.17) is 0 Å². The number of rotatable bonds is 5. The Morgan fingerprint density at radius 3 is 2.00 bits per heavy atom. The molecule has 0 saturated carbocycles. The van der Waals surface area contributed by atoms with Crippen LogP contribution in [0.1, 0.15) is 71.1 Å². The molecule has 2 heterocycles. The van der Waals surface area contributed by atoms with E-state index in [1.54, 1.807) is 51.1 Å². The molecule has 0 N–H and O–H groups in total. The molecule has 0 unspecified atom stereocenters. The molecule has 2 bridgehead atoms. The summed E-state index contributed by atoms with van der Waals surface area (Å²) in [7, 11) is 0.474. The van der Waals surface area contributed by atoms with Gasteiger partial charge in [-0.1, -0.05) is 39.0 Å². The number of hydrogen-bond acceptors (Lipinski definition) is 0. The van der Waals surface area contributed by atoms with Gasteiger partial charge in [0.15, 0.2) is 0 Å². The molecular weight excluding hydrogens is 199 g/mol. The summed E-state index contributed by atoms with van der Waals surface area (Å²) in [6.45, 7) is 2.32. The zero-order valence-corrected chi connectivity index (χ0v) is 11.3. The lowest BCUT2D eigenvalue weighted by Crippen LogP contribution is -2.27. The molecule has 0 aromatic carbocycles. The molecule has 0 amide bonds. The summed E-state index contributed by atoms with van der Waals surface area (Å²) in [5, 5.41) is 0. The Kier molecular flexibility index (Phi) is 4.95. The highest BCUT2D eigenvalue weighted by molar-refractivity contribution is 7.59. The van der Waals surface area contributed by atoms with E-state index >= 15 is 0 Å². The van der Waals surface area contributed by atoms with Crippen molar-refractivity contribution in [3.05, 3.63) is 0 Å². The van der Waals surface area contributed by atoms with Crippen LogP contribution in [0.5, 0.6) is 0 Å². The molecule has 0 aromatic heterocycles. The summed E-state index contributed by atoms with van der Waals surface area (Å²) in [6.07, 6.45) is 17.0. The highest BCUT2D eigenvalue weighted by atomic mass is 31.1. The van der Waals surface area contributed by atoms with Gasteiger partial charge in [0.2, 0.25) is 0 Å². The molecule has 0 aliphatic carbocycles. The van der Waals surface area contributed by atoms with Crippen molar-refractivity contribution in [1.29, 1.82) is 0 Å². The van der Waals surface area contributed by atoms with E-state index in [1.165, 1.54) is 30.6 Å². The second-order valence-electron chi connectivity index (χ2n) is 5.47. The summed E-state index contributed by atoms with van der Waals surface area (Å²) in [5.74, 6) is 0. The smallest absolute Gasteiger partial charge is 0.0207 e. The van der Waals surface area contributed by atoms with E-state index in [0.717, 1.165) is 0 Å². The molecule has 0 spiro atoms. The first-order chi connectivity index (χ1) is 7.42. The maximum absolute atomic E-state index is 2.32. The Balaban J connectivity index is 1.74. The molecule has 2 fully saturated rings. The lowest BCUT2D eigenvalue weighted by Gasteiger charge is -2.43. The molecule has 2 rings (SSSR count). The van der Waals surface area contributed by atoms with Gasteiger partial charge in [-0.2, -0.15) is 0 Å². The Labute approximate surface area is 97.0 Å². The molecule has 2 aliphatic heterocycles. The lowest BCUT2D eigenvalue weighted by molar-refractivity contribution is 0.473. The third-order valence-corrected chi connectivity index (χ3v) is 8.10. The molecule has 0 nitrogen and oxygen atoms in total. The molecule has 0 radical (unpaired) electrons. The van der Waals surface area contributed by atoms with E-state index in [-0.39, 0.29) is 0 Å². The quantitative estimate of drug-likeness (QED) is 0.449. The third kappa shape index (κ3) is 3.19. The fourth-order valence-corrected chi connectivity index (χ4v) is 7.49. The second-order valence-corrected chi connectivity index (χ2v) is 8.40. The third-order valence-electron chi connectivity index (χ3n) is 4.36. The van der Waals surface area contributed by atoms with Crippen LogP contribution in [0.3, 0.4) is 0 Å². The molecule has 0 aromatic rings. The van der Waals surface area contributed by atoms with Crippen LogP contribution in [0.4, 0.5) is 0 Å². The normalized spacial score (nSPS) is 35.4. The Bertz CT molecular complexity index is 156. The highest BCUT2D eigenvalue weighted by Gasteiger charge is 2.34. The van der Waals surface area contributed by atoms with Crippen molar-refractivity contribution in [2.24, 2.45) is 0 Å². The molecule has 2 saturated heterocycles. The number of unbranched alkanes of at least 4 members (excludes halogenated alkanes) is 3. The Morgan fingerprint density at radius 1 is 0.867 bits per heavy atom. The maximum Gasteiger partial charge on any atom is -0.0207 e. The molecule has 1 heteroatoms. The van der Waals surface area contributed by atoms with Gasteiger partial charge in [-0.05, 0) is 49.6 Å². The van der Waals surface area contributed by atoms with Gasteiger partial charge in [0.1, 0.15) is 0 Å². The topological polar surface area (TPSA) is 0 Å². The Morgan fingerprint density at radius 2 is 1.47 bits per heavy atom. The van der Waals surface area contributed by atoms with Crippen LogP contribution < -0.4 is 0 Å². The summed E-state index contributed by atoms with van der Waals surface area (Å²) in [4.78, 5) is 0. The van der Waals surface area contributed by atoms with Crippen molar-refractivity contribution in [3.8, 4) is 0 Å². The highest BCUT2D eigenvalue weighted by Crippen LogP contribution is 2.59. The van der Waals surface area contributed by atoms with Crippen molar-refractivity contribution in [2.45, 2.75) is 82.4 Å². The fraction of sp³-hybridized carbons (Fsp3) is 1.00. The van der Waals surface area contributed by atoms with E-state index in [0.29, 0.717) is 7.92 Å². The van der Waals surface area contributed by atoms with Crippen molar-refractivity contribution < 1.29 is 0 Å². The van der Waals surface area contributed by atoms with Crippen LogP contribution in [-0.2, 0) is 0 Å². The van der Waals surface area contributed by atoms with Crippen molar-refractivity contribution in [3.63, 3.8) is 0 Å². The van der Waals surface area contributed by atoms with Gasteiger partial charge in [0.25, 0.3) is 0 Å². The van der Waals surface area contributed by atoms with Gasteiger partial charge >= 0.3 is 0 Å². The van der Waals surface area contributed by atoms with Crippen molar-refractivity contribution in [1.82, 2.24) is 0 Å². The van der Waals surface area contributed by atoms with E-state index in [2.05, 4.69) is 6.92 Å². The lowest BCUT2D eigenvalue weighted by atomic mass is 9.99. The monoisotopic (exact) mass is 226 g/mol. The molecule has 2 aliphatic rings. The van der Waals surface area contributed by atoms with Gasteiger partial charge in [0, 0.05) is 0 Å². The van der Waals surface area contributed by atoms with E-state index in [1.807, 2.05) is 0 Å². The van der Waals surface area contributed by atoms with Crippen LogP contribution >= 0.6 is 7.92 Å². The second kappa shape index (κ2) is 6.24. The number of hydrogen-bond donors (Lipinski definition) is 0. The zero-order valence-electron chi connectivity index (χ0n) is 10.4. The predicted molar refractivity (Wildman–Crippen MR) is 71.2 cm³/mol. The standard InChI is InChI=1S/C14H27P/c1-2-3-4-5-12-15-13-8-6-9-14(15)11-7-10-13/h13-14H,2-12H2,1H3. The minimum Gasteiger partial charge on any atom is -0.100 e. The van der Waals surface area contributed by atoms with Gasteiger partial charge < -0.3 is 0 Å². The van der Waals surface area contributed by atoms with Crippen molar-refractivity contribution in [2.75, 3.05) is 6.16 Å². The van der Waals surface area contributed by atoms with Gasteiger partial charge in [-0.3, -0.25) is 0 Å². The number of fused-ring (bicyclic) bond motifs is 2. The minimum absolute atomic E-state index is 0.474. The van der Waals surface area contributed by atoms with Gasteiger partial charge in [-0.25, -0.2) is 0 Å². The van der Waals surface area contributed by atoms with E-state index < -0.39 is 0 Å². The first kappa shape index (κ1) is 11.9. The Hall–Kier alpha value is 0.430. The van der Waals surface area contributed by atoms with Crippen LogP contribution in [0.15, 0.2) is 0 Å². The summed E-state index contributed by atoms with van der Waals surface area (Å²) < 4.78 is 0. The largest absolute Gasteiger partial charge is 0.100 e. The van der Waals surface area contributed by atoms with E-state index in [9.17, 15) is 0 Å². The van der Waals surface area contributed by atoms with Crippen LogP contribution in [0.25, 0.3) is 0 Å². The van der Waals surface area contributed by atoms with Crippen LogP contribution in [-0.4, -0.2) is 17.5 Å². The summed E-state index contributed by atoms with van der Waals surface area (Å²) in [6, 6.07) is 0. The first-order valence-corrected chi connectivity index (χ1v) is 8.84. The van der Waals surface area contributed by atoms with Crippen molar-refractivity contribution >= 4 is 7.92 Å². The minimum atomic E-state index is 0.474. The average Bonchev–Trinajstić information content (AvgIpc) is 2.24. The summed E-state index contributed by atoms with van der Waals surface area (Å²) >= 11 is 0. The molecule has 88 valence electrons. The molecule has 15 heavy (non-hydrogen) atoms. The zero-order chi connectivity index (χ0) is 10.5. The molecule has 0 atom stereocenters. The van der Waals surface area contributed by atoms with Crippen LogP contribution in [0.2, 0.25) is 0 Å². The first-order valence-electron chi connectivity index (χ1n) is 7.17. The molecular formula is C14H27P. The van der Waals surface area contributed by atoms with Gasteiger partial charge in [0.05, 0.1) is 0 Å². The van der Waals surface area contributed by atoms with Gasteiger partial charge in [-0.15, -0.1) is 7.92 Å². The SMILES string of the molecule is CCCCCCP1C2CCCC1CCC2. The fourth-order valence-electron chi connectivity index (χ4n) is 3.51. The predicted octanol–water partition coefficient (Wildman–Crippen LogP) is 5.15. The average molecular weight is 226 g/mol.